The molecule has 0 aromatic carbocycles. The van der Waals surface area contributed by atoms with E-state index in [0.717, 1.165) is 25.7 Å². The van der Waals surface area contributed by atoms with E-state index in [-0.39, 0.29) is 18.3 Å². The third-order valence-corrected chi connectivity index (χ3v) is 4.95. The molecule has 0 aliphatic rings. The van der Waals surface area contributed by atoms with Crippen molar-refractivity contribution < 1.29 is 19.4 Å². The first kappa shape index (κ1) is 24.9. The number of esters is 1. The van der Waals surface area contributed by atoms with E-state index in [1.165, 1.54) is 57.8 Å². The van der Waals surface area contributed by atoms with Gasteiger partial charge in [0, 0.05) is 12.8 Å². The fourth-order valence-corrected chi connectivity index (χ4v) is 3.25. The number of carboxylic acid groups (broad SMARTS) is 1. The van der Waals surface area contributed by atoms with E-state index in [2.05, 4.69) is 13.8 Å². The van der Waals surface area contributed by atoms with Gasteiger partial charge in [-0.2, -0.15) is 0 Å². The largest absolute Gasteiger partial charge is 0.481 e. The van der Waals surface area contributed by atoms with E-state index in [9.17, 15) is 9.59 Å². The second-order valence-electron chi connectivity index (χ2n) is 7.55. The number of carbonyl (C=O) groups excluding carboxylic acids is 1. The van der Waals surface area contributed by atoms with Gasteiger partial charge >= 0.3 is 11.9 Å². The molecule has 154 valence electrons. The minimum Gasteiger partial charge on any atom is -0.481 e. The molecule has 1 atom stereocenters. The number of ether oxygens (including phenoxy) is 1. The summed E-state index contributed by atoms with van der Waals surface area (Å²) in [5.74, 6) is -0.785. The van der Waals surface area contributed by atoms with Gasteiger partial charge in [-0.3, -0.25) is 9.59 Å². The Labute approximate surface area is 161 Å². The molecule has 26 heavy (non-hydrogen) atoms. The highest BCUT2D eigenvalue weighted by molar-refractivity contribution is 5.70. The molecule has 0 aliphatic heterocycles. The topological polar surface area (TPSA) is 63.6 Å². The Hall–Kier alpha value is -1.06. The molecule has 1 N–H and O–H groups in total. The van der Waals surface area contributed by atoms with Gasteiger partial charge in [-0.1, -0.05) is 84.5 Å². The molecule has 1 unspecified atom stereocenters. The lowest BCUT2D eigenvalue weighted by Crippen LogP contribution is -2.14. The average molecular weight is 371 g/mol. The van der Waals surface area contributed by atoms with E-state index in [1.807, 2.05) is 0 Å². The molecule has 0 aliphatic carbocycles. The standard InChI is InChI=1S/C22H42O4/c1-3-5-7-9-11-13-15-20(16-17-21(23)24)19-22(25)26-18-14-12-10-8-6-4-2/h20H,3-19H2,1-2H3,(H,23,24). The van der Waals surface area contributed by atoms with Gasteiger partial charge in [-0.05, 0) is 25.2 Å². The fraction of sp³-hybridized carbons (Fsp3) is 0.909. The van der Waals surface area contributed by atoms with Crippen LogP contribution < -0.4 is 0 Å². The van der Waals surface area contributed by atoms with Gasteiger partial charge in [0.25, 0.3) is 0 Å². The molecule has 4 heteroatoms. The van der Waals surface area contributed by atoms with Crippen LogP contribution >= 0.6 is 0 Å². The lowest BCUT2D eigenvalue weighted by molar-refractivity contribution is -0.145. The van der Waals surface area contributed by atoms with Gasteiger partial charge in [0.2, 0.25) is 0 Å². The van der Waals surface area contributed by atoms with E-state index in [4.69, 9.17) is 9.84 Å². The lowest BCUT2D eigenvalue weighted by atomic mass is 9.92. The SMILES string of the molecule is CCCCCCCCOC(=O)CC(CCCCCCCC)CCC(=O)O. The molecule has 0 bridgehead atoms. The Morgan fingerprint density at radius 3 is 1.88 bits per heavy atom. The summed E-state index contributed by atoms with van der Waals surface area (Å²) < 4.78 is 5.36. The maximum absolute atomic E-state index is 12.0. The summed E-state index contributed by atoms with van der Waals surface area (Å²) in [6.07, 6.45) is 16.4. The highest BCUT2D eigenvalue weighted by Crippen LogP contribution is 2.21. The zero-order valence-electron chi connectivity index (χ0n) is 17.3. The minimum atomic E-state index is -0.779. The average Bonchev–Trinajstić information content (AvgIpc) is 2.61. The summed E-state index contributed by atoms with van der Waals surface area (Å²) in [6, 6.07) is 0. The second-order valence-corrected chi connectivity index (χ2v) is 7.55. The highest BCUT2D eigenvalue weighted by Gasteiger charge is 2.16. The molecule has 0 spiro atoms. The van der Waals surface area contributed by atoms with Crippen molar-refractivity contribution in [2.24, 2.45) is 5.92 Å². The van der Waals surface area contributed by atoms with Crippen LogP contribution in [0.25, 0.3) is 0 Å². The summed E-state index contributed by atoms with van der Waals surface area (Å²) >= 11 is 0. The van der Waals surface area contributed by atoms with Crippen LogP contribution in [0.1, 0.15) is 117 Å². The second kappa shape index (κ2) is 18.7. The van der Waals surface area contributed by atoms with Crippen LogP contribution in [0.15, 0.2) is 0 Å². The van der Waals surface area contributed by atoms with Crippen LogP contribution in [0.2, 0.25) is 0 Å². The normalized spacial score (nSPS) is 12.1. The zero-order chi connectivity index (χ0) is 19.5. The van der Waals surface area contributed by atoms with Gasteiger partial charge in [0.05, 0.1) is 6.61 Å². The number of hydrogen-bond donors (Lipinski definition) is 1. The molecule has 0 heterocycles. The van der Waals surface area contributed by atoms with E-state index >= 15 is 0 Å². The number of aliphatic carboxylic acids is 1. The third kappa shape index (κ3) is 17.8. The van der Waals surface area contributed by atoms with Gasteiger partial charge in [-0.15, -0.1) is 0 Å². The first-order valence-corrected chi connectivity index (χ1v) is 11.0. The molecule has 0 radical (unpaired) electrons. The van der Waals surface area contributed by atoms with Crippen LogP contribution in [0.3, 0.4) is 0 Å². The number of carbonyl (C=O) groups is 2. The number of carboxylic acids is 1. The Kier molecular flexibility index (Phi) is 18.0. The third-order valence-electron chi connectivity index (χ3n) is 4.95. The van der Waals surface area contributed by atoms with E-state index < -0.39 is 5.97 Å². The monoisotopic (exact) mass is 370 g/mol. The van der Waals surface area contributed by atoms with Gasteiger partial charge in [0.1, 0.15) is 0 Å². The van der Waals surface area contributed by atoms with Crippen LogP contribution in [0.5, 0.6) is 0 Å². The van der Waals surface area contributed by atoms with Gasteiger partial charge in [0.15, 0.2) is 0 Å². The Morgan fingerprint density at radius 1 is 0.769 bits per heavy atom. The molecule has 0 fully saturated rings. The summed E-state index contributed by atoms with van der Waals surface area (Å²) in [4.78, 5) is 22.9. The summed E-state index contributed by atoms with van der Waals surface area (Å²) in [5, 5.41) is 8.91. The first-order chi connectivity index (χ1) is 12.6. The molecule has 0 rings (SSSR count). The van der Waals surface area contributed by atoms with Crippen molar-refractivity contribution in [2.45, 2.75) is 117 Å². The summed E-state index contributed by atoms with van der Waals surface area (Å²) in [6.45, 7) is 4.92. The molecule has 0 saturated heterocycles. The van der Waals surface area contributed by atoms with Crippen LogP contribution in [-0.2, 0) is 14.3 Å². The van der Waals surface area contributed by atoms with Crippen molar-refractivity contribution in [3.63, 3.8) is 0 Å². The van der Waals surface area contributed by atoms with Crippen LogP contribution in [0.4, 0.5) is 0 Å². The number of rotatable bonds is 19. The molecule has 4 nitrogen and oxygen atoms in total. The summed E-state index contributed by atoms with van der Waals surface area (Å²) in [7, 11) is 0. The maximum atomic E-state index is 12.0. The number of hydrogen-bond acceptors (Lipinski definition) is 3. The van der Waals surface area contributed by atoms with Crippen molar-refractivity contribution in [3.8, 4) is 0 Å². The fourth-order valence-electron chi connectivity index (χ4n) is 3.25. The van der Waals surface area contributed by atoms with E-state index in [1.54, 1.807) is 0 Å². The minimum absolute atomic E-state index is 0.144. The highest BCUT2D eigenvalue weighted by atomic mass is 16.5. The van der Waals surface area contributed by atoms with Crippen molar-refractivity contribution in [3.05, 3.63) is 0 Å². The van der Waals surface area contributed by atoms with Crippen LogP contribution in [0, 0.1) is 5.92 Å². The Balaban J connectivity index is 3.91. The summed E-state index contributed by atoms with van der Waals surface area (Å²) in [5.41, 5.74) is 0. The van der Waals surface area contributed by atoms with Gasteiger partial charge < -0.3 is 9.84 Å². The van der Waals surface area contributed by atoms with Crippen molar-refractivity contribution in [2.75, 3.05) is 6.61 Å². The van der Waals surface area contributed by atoms with E-state index in [0.29, 0.717) is 19.4 Å². The smallest absolute Gasteiger partial charge is 0.306 e. The molecule has 0 amide bonds. The quantitative estimate of drug-likeness (QED) is 0.208. The Morgan fingerprint density at radius 2 is 1.31 bits per heavy atom. The number of unbranched alkanes of at least 4 members (excludes halogenated alkanes) is 10. The predicted octanol–water partition coefficient (Wildman–Crippen LogP) is 6.51. The predicted molar refractivity (Wildman–Crippen MR) is 107 cm³/mol. The van der Waals surface area contributed by atoms with Gasteiger partial charge in [-0.25, -0.2) is 0 Å². The molecular weight excluding hydrogens is 328 g/mol. The molecule has 0 aromatic rings. The Bertz CT molecular complexity index is 341. The van der Waals surface area contributed by atoms with Crippen molar-refractivity contribution in [1.29, 1.82) is 0 Å². The maximum Gasteiger partial charge on any atom is 0.306 e. The molecule has 0 saturated carbocycles. The molecular formula is C22H42O4. The van der Waals surface area contributed by atoms with Crippen molar-refractivity contribution >= 4 is 11.9 Å². The zero-order valence-corrected chi connectivity index (χ0v) is 17.3. The molecule has 0 aromatic heterocycles. The van der Waals surface area contributed by atoms with Crippen molar-refractivity contribution in [1.82, 2.24) is 0 Å². The lowest BCUT2D eigenvalue weighted by Gasteiger charge is -2.15. The van der Waals surface area contributed by atoms with Crippen LogP contribution in [-0.4, -0.2) is 23.7 Å². The first-order valence-electron chi connectivity index (χ1n) is 11.0.